The zero-order valence-electron chi connectivity index (χ0n) is 19.8. The summed E-state index contributed by atoms with van der Waals surface area (Å²) in [6, 6.07) is 12.1. The largest absolute Gasteiger partial charge is 0.497 e. The minimum Gasteiger partial charge on any atom is -0.497 e. The predicted octanol–water partition coefficient (Wildman–Crippen LogP) is 2.49. The first-order valence-electron chi connectivity index (χ1n) is 11.5. The normalized spacial score (nSPS) is 22.4. The number of aliphatic hydroxyl groups excluding tert-OH is 1. The Labute approximate surface area is 203 Å². The van der Waals surface area contributed by atoms with Crippen molar-refractivity contribution in [3.8, 4) is 11.5 Å². The van der Waals surface area contributed by atoms with Gasteiger partial charge in [-0.05, 0) is 48.9 Å². The van der Waals surface area contributed by atoms with E-state index < -0.39 is 6.10 Å². The lowest BCUT2D eigenvalue weighted by Crippen LogP contribution is -2.47. The number of rotatable bonds is 9. The van der Waals surface area contributed by atoms with Crippen molar-refractivity contribution in [2.24, 2.45) is 0 Å². The summed E-state index contributed by atoms with van der Waals surface area (Å²) in [5.41, 5.74) is 2.17. The second-order valence-electron chi connectivity index (χ2n) is 8.51. The molecule has 1 saturated heterocycles. The lowest BCUT2D eigenvalue weighted by Gasteiger charge is -2.37. The Balaban J connectivity index is 1.41. The number of methoxy groups -OCH3 is 2. The zero-order valence-corrected chi connectivity index (χ0v) is 19.8. The van der Waals surface area contributed by atoms with E-state index in [1.54, 1.807) is 50.6 Å². The van der Waals surface area contributed by atoms with Crippen molar-refractivity contribution in [2.45, 2.75) is 37.1 Å². The van der Waals surface area contributed by atoms with Gasteiger partial charge < -0.3 is 40.0 Å². The van der Waals surface area contributed by atoms with Gasteiger partial charge in [0.25, 0.3) is 0 Å². The fourth-order valence-corrected chi connectivity index (χ4v) is 4.51. The molecule has 0 aromatic heterocycles. The maximum atomic E-state index is 12.5. The molecule has 0 saturated carbocycles. The summed E-state index contributed by atoms with van der Waals surface area (Å²) in [5.74, 6) is 1.19. The quantitative estimate of drug-likeness (QED) is 0.402. The molecular weight excluding hydrogens is 454 g/mol. The number of nitrogens with one attached hydrogen (secondary N) is 3. The van der Waals surface area contributed by atoms with E-state index in [-0.39, 0.29) is 43.1 Å². The smallest absolute Gasteiger partial charge is 0.323 e. The molecule has 2 aliphatic heterocycles. The number of ether oxygens (including phenoxy) is 4. The molecule has 3 amide bonds. The molecule has 2 aromatic rings. The van der Waals surface area contributed by atoms with Crippen molar-refractivity contribution in [1.29, 1.82) is 0 Å². The Kier molecular flexibility index (Phi) is 8.06. The molecule has 0 unspecified atom stereocenters. The molecular formula is C25H31N3O7. The second-order valence-corrected chi connectivity index (χ2v) is 8.51. The van der Waals surface area contributed by atoms with Crippen LogP contribution in [-0.4, -0.2) is 69.3 Å². The Hall–Kier alpha value is -3.34. The number of hydrogen-bond acceptors (Lipinski definition) is 7. The highest BCUT2D eigenvalue weighted by Gasteiger charge is 2.46. The Morgan fingerprint density at radius 3 is 2.54 bits per heavy atom. The number of amides is 3. The summed E-state index contributed by atoms with van der Waals surface area (Å²) < 4.78 is 22.2. The van der Waals surface area contributed by atoms with Crippen LogP contribution in [0.5, 0.6) is 11.5 Å². The fraction of sp³-hybridized carbons (Fsp3) is 0.440. The average molecular weight is 486 g/mol. The molecule has 10 nitrogen and oxygen atoms in total. The van der Waals surface area contributed by atoms with Gasteiger partial charge in [-0.25, -0.2) is 4.79 Å². The molecule has 188 valence electrons. The van der Waals surface area contributed by atoms with Crippen molar-refractivity contribution >= 4 is 23.3 Å². The topological polar surface area (TPSA) is 127 Å². The summed E-state index contributed by atoms with van der Waals surface area (Å²) in [6.45, 7) is 0.647. The van der Waals surface area contributed by atoms with E-state index in [2.05, 4.69) is 16.0 Å². The van der Waals surface area contributed by atoms with E-state index in [9.17, 15) is 14.7 Å². The number of benzene rings is 2. The van der Waals surface area contributed by atoms with E-state index in [4.69, 9.17) is 18.9 Å². The van der Waals surface area contributed by atoms with Gasteiger partial charge >= 0.3 is 6.03 Å². The number of anilines is 2. The van der Waals surface area contributed by atoms with Crippen molar-refractivity contribution in [2.75, 3.05) is 44.6 Å². The first-order valence-corrected chi connectivity index (χ1v) is 11.5. The number of fused-ring (bicyclic) bond motifs is 3. The molecule has 0 aliphatic carbocycles. The van der Waals surface area contributed by atoms with E-state index in [0.717, 1.165) is 5.56 Å². The summed E-state index contributed by atoms with van der Waals surface area (Å²) in [5, 5.41) is 18.3. The van der Waals surface area contributed by atoms with Gasteiger partial charge in [0.05, 0.1) is 32.8 Å². The monoisotopic (exact) mass is 485 g/mol. The number of aliphatic hydroxyl groups is 1. The standard InChI is InChI=1S/C25H31N3O7/c1-32-10-9-26-23(30)13-18-12-20-19-11-16(5-8-21(19)35-24(20)22(14-29)34-18)28-25(31)27-15-3-6-17(33-2)7-4-15/h3-8,11,18,20,22,24,29H,9-10,12-14H2,1-2H3,(H,26,30)(H2,27,28,31)/t18-,20+,22-,24-/m0/s1. The summed E-state index contributed by atoms with van der Waals surface area (Å²) >= 11 is 0. The third-order valence-corrected chi connectivity index (χ3v) is 6.15. The van der Waals surface area contributed by atoms with Gasteiger partial charge in [0.1, 0.15) is 23.7 Å². The molecule has 2 aliphatic rings. The van der Waals surface area contributed by atoms with Crippen LogP contribution in [0.4, 0.5) is 16.2 Å². The Morgan fingerprint density at radius 1 is 1.09 bits per heavy atom. The van der Waals surface area contributed by atoms with Gasteiger partial charge in [-0.3, -0.25) is 4.79 Å². The number of carbonyl (C=O) groups is 2. The molecule has 2 aromatic carbocycles. The van der Waals surface area contributed by atoms with Gasteiger partial charge in [0, 0.05) is 36.5 Å². The molecule has 2 heterocycles. The van der Waals surface area contributed by atoms with Crippen LogP contribution in [0.3, 0.4) is 0 Å². The molecule has 4 N–H and O–H groups in total. The van der Waals surface area contributed by atoms with E-state index in [1.807, 2.05) is 6.07 Å². The highest BCUT2D eigenvalue weighted by Crippen LogP contribution is 2.47. The van der Waals surface area contributed by atoms with E-state index in [1.165, 1.54) is 0 Å². The fourth-order valence-electron chi connectivity index (χ4n) is 4.51. The molecule has 4 atom stereocenters. The highest BCUT2D eigenvalue weighted by molar-refractivity contribution is 5.99. The maximum absolute atomic E-state index is 12.5. The van der Waals surface area contributed by atoms with E-state index in [0.29, 0.717) is 42.4 Å². The average Bonchev–Trinajstić information content (AvgIpc) is 3.22. The molecule has 35 heavy (non-hydrogen) atoms. The van der Waals surface area contributed by atoms with Crippen LogP contribution in [0, 0.1) is 0 Å². The third-order valence-electron chi connectivity index (χ3n) is 6.15. The van der Waals surface area contributed by atoms with Crippen LogP contribution in [0.25, 0.3) is 0 Å². The third kappa shape index (κ3) is 6.02. The molecule has 1 fully saturated rings. The number of carbonyl (C=O) groups excluding carboxylic acids is 2. The highest BCUT2D eigenvalue weighted by atomic mass is 16.6. The lowest BCUT2D eigenvalue weighted by atomic mass is 9.84. The van der Waals surface area contributed by atoms with Crippen molar-refractivity contribution in [3.63, 3.8) is 0 Å². The maximum Gasteiger partial charge on any atom is 0.323 e. The summed E-state index contributed by atoms with van der Waals surface area (Å²) in [7, 11) is 3.16. The van der Waals surface area contributed by atoms with Gasteiger partial charge in [-0.15, -0.1) is 0 Å². The molecule has 0 bridgehead atoms. The minimum atomic E-state index is -0.548. The van der Waals surface area contributed by atoms with Crippen LogP contribution < -0.4 is 25.4 Å². The molecule has 10 heteroatoms. The minimum absolute atomic E-state index is 0.0703. The lowest BCUT2D eigenvalue weighted by molar-refractivity contribution is -0.142. The first-order chi connectivity index (χ1) is 17.0. The van der Waals surface area contributed by atoms with Crippen LogP contribution in [-0.2, 0) is 14.3 Å². The SMILES string of the molecule is COCCNC(=O)C[C@@H]1C[C@@H]2c3cc(NC(=O)Nc4ccc(OC)cc4)ccc3O[C@@H]2[C@H](CO)O1. The first kappa shape index (κ1) is 24.8. The molecule has 0 spiro atoms. The van der Waals surface area contributed by atoms with Crippen LogP contribution in [0.15, 0.2) is 42.5 Å². The van der Waals surface area contributed by atoms with Gasteiger partial charge in [-0.1, -0.05) is 0 Å². The van der Waals surface area contributed by atoms with Gasteiger partial charge in [-0.2, -0.15) is 0 Å². The molecule has 4 rings (SSSR count). The van der Waals surface area contributed by atoms with E-state index >= 15 is 0 Å². The molecule has 0 radical (unpaired) electrons. The van der Waals surface area contributed by atoms with Crippen LogP contribution >= 0.6 is 0 Å². The second kappa shape index (κ2) is 11.4. The van der Waals surface area contributed by atoms with Crippen LogP contribution in [0.2, 0.25) is 0 Å². The van der Waals surface area contributed by atoms with Gasteiger partial charge in [0.2, 0.25) is 5.91 Å². The summed E-state index contributed by atoms with van der Waals surface area (Å²) in [4.78, 5) is 24.8. The summed E-state index contributed by atoms with van der Waals surface area (Å²) in [6.07, 6.45) is -0.520. The van der Waals surface area contributed by atoms with Crippen molar-refractivity contribution in [1.82, 2.24) is 5.32 Å². The Bertz CT molecular complexity index is 1030. The van der Waals surface area contributed by atoms with Crippen LogP contribution in [0.1, 0.15) is 24.3 Å². The van der Waals surface area contributed by atoms with Gasteiger partial charge in [0.15, 0.2) is 0 Å². The number of urea groups is 1. The zero-order chi connectivity index (χ0) is 24.8. The van der Waals surface area contributed by atoms with Crippen molar-refractivity contribution < 1.29 is 33.6 Å². The van der Waals surface area contributed by atoms with Crippen molar-refractivity contribution in [3.05, 3.63) is 48.0 Å². The predicted molar refractivity (Wildman–Crippen MR) is 129 cm³/mol. The Morgan fingerprint density at radius 2 is 1.83 bits per heavy atom. The number of hydrogen-bond donors (Lipinski definition) is 4.